The van der Waals surface area contributed by atoms with Crippen molar-refractivity contribution < 1.29 is 0 Å². The number of unbranched alkanes of at least 4 members (excludes halogenated alkanes) is 1. The van der Waals surface area contributed by atoms with Crippen molar-refractivity contribution in [1.29, 1.82) is 5.26 Å². The predicted octanol–water partition coefficient (Wildman–Crippen LogP) is 0.973. The molecule has 0 radical (unpaired) electrons. The van der Waals surface area contributed by atoms with Crippen LogP contribution in [0.4, 0.5) is 0 Å². The van der Waals surface area contributed by atoms with Crippen LogP contribution in [0.2, 0.25) is 0 Å². The third-order valence-electron chi connectivity index (χ3n) is 1.95. The lowest BCUT2D eigenvalue weighted by Gasteiger charge is -1.97. The first-order chi connectivity index (χ1) is 6.29. The number of rotatable bonds is 4. The first-order valence-corrected chi connectivity index (χ1v) is 4.42. The van der Waals surface area contributed by atoms with Crippen molar-refractivity contribution in [2.75, 3.05) is 0 Å². The second-order valence-corrected chi connectivity index (χ2v) is 2.82. The van der Waals surface area contributed by atoms with Crippen LogP contribution in [0.3, 0.4) is 0 Å². The van der Waals surface area contributed by atoms with Gasteiger partial charge in [-0.2, -0.15) is 5.26 Å². The van der Waals surface area contributed by atoms with Gasteiger partial charge in [-0.1, -0.05) is 0 Å². The third kappa shape index (κ3) is 2.22. The number of nitrogens with zero attached hydrogens (tertiary/aromatic N) is 3. The smallest absolute Gasteiger partial charge is 0.300 e. The van der Waals surface area contributed by atoms with Crippen LogP contribution in [0.5, 0.6) is 0 Å². The van der Waals surface area contributed by atoms with E-state index >= 15 is 0 Å². The van der Waals surface area contributed by atoms with Gasteiger partial charge in [0.15, 0.2) is 0 Å². The van der Waals surface area contributed by atoms with Crippen molar-refractivity contribution in [3.8, 4) is 6.07 Å². The Labute approximate surface area is 77.0 Å². The molecule has 0 unspecified atom stereocenters. The highest BCUT2D eigenvalue weighted by atomic mass is 16.1. The number of aryl methyl sites for hydroxylation is 2. The highest BCUT2D eigenvalue weighted by Gasteiger charge is 1.99. The van der Waals surface area contributed by atoms with E-state index in [0.717, 1.165) is 6.42 Å². The van der Waals surface area contributed by atoms with Gasteiger partial charge in [0.05, 0.1) is 6.07 Å². The molecule has 0 N–H and O–H groups in total. The molecule has 1 heterocycles. The minimum atomic E-state index is 0.0143. The topological polar surface area (TPSA) is 50.7 Å². The van der Waals surface area contributed by atoms with Crippen molar-refractivity contribution in [2.45, 2.75) is 32.9 Å². The van der Waals surface area contributed by atoms with Crippen LogP contribution in [-0.4, -0.2) is 9.13 Å². The summed E-state index contributed by atoms with van der Waals surface area (Å²) in [6.07, 6.45) is 4.78. The predicted molar refractivity (Wildman–Crippen MR) is 49.2 cm³/mol. The Bertz CT molecular complexity index is 356. The zero-order valence-corrected chi connectivity index (χ0v) is 7.73. The van der Waals surface area contributed by atoms with Gasteiger partial charge in [0, 0.05) is 31.9 Å². The van der Waals surface area contributed by atoms with Gasteiger partial charge >= 0.3 is 5.69 Å². The maximum Gasteiger partial charge on any atom is 0.328 e. The molecule has 0 saturated carbocycles. The molecule has 1 aromatic heterocycles. The number of imidazole rings is 1. The summed E-state index contributed by atoms with van der Waals surface area (Å²) in [5.41, 5.74) is 0.0143. The first kappa shape index (κ1) is 9.59. The molecule has 0 aliphatic heterocycles. The molecule has 0 atom stereocenters. The van der Waals surface area contributed by atoms with Gasteiger partial charge in [-0.25, -0.2) is 4.79 Å². The zero-order valence-electron chi connectivity index (χ0n) is 7.73. The fraction of sp³-hybridized carbons (Fsp3) is 0.556. The standard InChI is InChI=1S/C9H13N3O/c1-2-11-7-8-12(9(11)13)6-4-3-5-10/h7-8H,2-4,6H2,1H3. The van der Waals surface area contributed by atoms with Gasteiger partial charge in [0.2, 0.25) is 0 Å². The van der Waals surface area contributed by atoms with E-state index in [1.54, 1.807) is 21.5 Å². The van der Waals surface area contributed by atoms with Crippen LogP contribution in [0.1, 0.15) is 19.8 Å². The number of hydrogen-bond acceptors (Lipinski definition) is 2. The van der Waals surface area contributed by atoms with E-state index in [0.29, 0.717) is 19.5 Å². The zero-order chi connectivity index (χ0) is 9.68. The van der Waals surface area contributed by atoms with E-state index in [4.69, 9.17) is 5.26 Å². The number of nitriles is 1. The summed E-state index contributed by atoms with van der Waals surface area (Å²) < 4.78 is 3.28. The normalized spacial score (nSPS) is 9.85. The first-order valence-electron chi connectivity index (χ1n) is 4.42. The second-order valence-electron chi connectivity index (χ2n) is 2.82. The lowest BCUT2D eigenvalue weighted by molar-refractivity contribution is 0.603. The van der Waals surface area contributed by atoms with Crippen LogP contribution in [0.15, 0.2) is 17.2 Å². The fourth-order valence-corrected chi connectivity index (χ4v) is 1.19. The van der Waals surface area contributed by atoms with Crippen molar-refractivity contribution in [1.82, 2.24) is 9.13 Å². The molecule has 1 aromatic rings. The van der Waals surface area contributed by atoms with Crippen molar-refractivity contribution in [3.63, 3.8) is 0 Å². The van der Waals surface area contributed by atoms with Crippen LogP contribution < -0.4 is 5.69 Å². The van der Waals surface area contributed by atoms with Gasteiger partial charge < -0.3 is 0 Å². The molecule has 70 valence electrons. The Morgan fingerprint density at radius 2 is 2.15 bits per heavy atom. The van der Waals surface area contributed by atoms with Crippen molar-refractivity contribution in [2.24, 2.45) is 0 Å². The molecule has 0 aliphatic carbocycles. The molecule has 0 aliphatic rings. The molecule has 4 nitrogen and oxygen atoms in total. The molecule has 0 bridgehead atoms. The van der Waals surface area contributed by atoms with Crippen LogP contribution in [0, 0.1) is 11.3 Å². The SMILES string of the molecule is CCn1ccn(CCCC#N)c1=O. The third-order valence-corrected chi connectivity index (χ3v) is 1.95. The Morgan fingerprint density at radius 3 is 2.69 bits per heavy atom. The summed E-state index contributed by atoms with van der Waals surface area (Å²) in [5, 5.41) is 8.32. The number of hydrogen-bond donors (Lipinski definition) is 0. The van der Waals surface area contributed by atoms with Crippen LogP contribution in [0.25, 0.3) is 0 Å². The highest BCUT2D eigenvalue weighted by Crippen LogP contribution is 1.92. The van der Waals surface area contributed by atoms with Crippen LogP contribution in [-0.2, 0) is 13.1 Å². The Morgan fingerprint density at radius 1 is 1.46 bits per heavy atom. The largest absolute Gasteiger partial charge is 0.328 e. The maximum absolute atomic E-state index is 11.4. The quantitative estimate of drug-likeness (QED) is 0.647. The van der Waals surface area contributed by atoms with E-state index in [9.17, 15) is 4.79 Å². The Kier molecular flexibility index (Phi) is 3.32. The average molecular weight is 179 g/mol. The maximum atomic E-state index is 11.4. The fourth-order valence-electron chi connectivity index (χ4n) is 1.19. The summed E-state index contributed by atoms with van der Waals surface area (Å²) in [6, 6.07) is 2.06. The molecule has 0 aromatic carbocycles. The van der Waals surface area contributed by atoms with Crippen molar-refractivity contribution in [3.05, 3.63) is 22.9 Å². The summed E-state index contributed by atoms with van der Waals surface area (Å²) in [6.45, 7) is 3.27. The van der Waals surface area contributed by atoms with Gasteiger partial charge in [-0.15, -0.1) is 0 Å². The van der Waals surface area contributed by atoms with Crippen molar-refractivity contribution >= 4 is 0 Å². The Hall–Kier alpha value is -1.50. The minimum Gasteiger partial charge on any atom is -0.300 e. The van der Waals surface area contributed by atoms with Crippen LogP contribution >= 0.6 is 0 Å². The molecular weight excluding hydrogens is 166 g/mol. The summed E-state index contributed by atoms with van der Waals surface area (Å²) >= 11 is 0. The lowest BCUT2D eigenvalue weighted by atomic mass is 10.3. The summed E-state index contributed by atoms with van der Waals surface area (Å²) in [7, 11) is 0. The molecule has 1 rings (SSSR count). The highest BCUT2D eigenvalue weighted by molar-refractivity contribution is 4.81. The Balaban J connectivity index is 2.63. The van der Waals surface area contributed by atoms with E-state index in [1.807, 2.05) is 6.92 Å². The van der Waals surface area contributed by atoms with E-state index in [-0.39, 0.29) is 5.69 Å². The molecule has 0 spiro atoms. The van der Waals surface area contributed by atoms with E-state index in [2.05, 4.69) is 6.07 Å². The second kappa shape index (κ2) is 4.51. The molecular formula is C9H13N3O. The van der Waals surface area contributed by atoms with Gasteiger partial charge in [0.25, 0.3) is 0 Å². The molecule has 13 heavy (non-hydrogen) atoms. The van der Waals surface area contributed by atoms with Gasteiger partial charge in [0.1, 0.15) is 0 Å². The lowest BCUT2D eigenvalue weighted by Crippen LogP contribution is -2.23. The monoisotopic (exact) mass is 179 g/mol. The molecule has 4 heteroatoms. The average Bonchev–Trinajstić information content (AvgIpc) is 2.48. The minimum absolute atomic E-state index is 0.0143. The molecule has 0 fully saturated rings. The molecule has 0 saturated heterocycles. The van der Waals surface area contributed by atoms with Gasteiger partial charge in [-0.05, 0) is 13.3 Å². The van der Waals surface area contributed by atoms with E-state index in [1.165, 1.54) is 0 Å². The summed E-state index contributed by atoms with van der Waals surface area (Å²) in [4.78, 5) is 11.4. The molecule has 0 amide bonds. The van der Waals surface area contributed by atoms with E-state index < -0.39 is 0 Å². The van der Waals surface area contributed by atoms with Gasteiger partial charge in [-0.3, -0.25) is 9.13 Å². The number of aromatic nitrogens is 2. The summed E-state index contributed by atoms with van der Waals surface area (Å²) in [5.74, 6) is 0.